The quantitative estimate of drug-likeness (QED) is 0.328. The number of morpholine rings is 1. The highest BCUT2D eigenvalue weighted by atomic mass is 16.7. The minimum absolute atomic E-state index is 0.0229. The molecule has 4 aliphatic heterocycles. The highest BCUT2D eigenvalue weighted by Crippen LogP contribution is 2.47. The Bertz CT molecular complexity index is 914. The van der Waals surface area contributed by atoms with Crippen molar-refractivity contribution in [1.82, 2.24) is 4.90 Å². The summed E-state index contributed by atoms with van der Waals surface area (Å²) in [6, 6.07) is -0.170. The number of ether oxygens (including phenoxy) is 5. The molecule has 11 heteroatoms. The van der Waals surface area contributed by atoms with Gasteiger partial charge in [-0.15, -0.1) is 0 Å². The van der Waals surface area contributed by atoms with Crippen LogP contribution >= 0.6 is 0 Å². The Morgan fingerprint density at radius 1 is 1.10 bits per heavy atom. The van der Waals surface area contributed by atoms with Crippen LogP contribution in [0.3, 0.4) is 0 Å². The Balaban J connectivity index is 1.68. The van der Waals surface area contributed by atoms with Crippen molar-refractivity contribution in [1.29, 1.82) is 0 Å². The van der Waals surface area contributed by atoms with Crippen molar-refractivity contribution in [3.8, 4) is 0 Å². The van der Waals surface area contributed by atoms with E-state index in [4.69, 9.17) is 23.7 Å². The maximum Gasteiger partial charge on any atom is 0.311 e. The third-order valence-corrected chi connectivity index (χ3v) is 10.5. The van der Waals surface area contributed by atoms with Gasteiger partial charge in [0.1, 0.15) is 17.8 Å². The standard InChI is InChI=1S/C31H55NO10/c1-9-22(33)31(8,37)27-20(6)25-16(2)15-30(7,42-25)26(18(4)23(34)19(5)28(36)40-27)41-29-24(35)21(14-17(3)39-29)32-10-12-38-13-11-32/h16-27,29,33-35,37H,9-15H2,1-8H3/t16?,17?,18-,19+,20-,21?,22+,23-,24?,25?,26+,27+,29-,30?,31+/m0/s1. The van der Waals surface area contributed by atoms with Gasteiger partial charge in [0.05, 0.1) is 55.3 Å². The topological polar surface area (TPSA) is 147 Å². The zero-order valence-electron chi connectivity index (χ0n) is 26.6. The van der Waals surface area contributed by atoms with Gasteiger partial charge >= 0.3 is 5.97 Å². The van der Waals surface area contributed by atoms with Crippen LogP contribution in [0.2, 0.25) is 0 Å². The third-order valence-electron chi connectivity index (χ3n) is 10.5. The van der Waals surface area contributed by atoms with Crippen LogP contribution < -0.4 is 0 Å². The molecular weight excluding hydrogens is 546 g/mol. The van der Waals surface area contributed by atoms with Crippen LogP contribution in [0.5, 0.6) is 0 Å². The molecule has 0 spiro atoms. The molecule has 0 aliphatic carbocycles. The van der Waals surface area contributed by atoms with Gasteiger partial charge in [0.15, 0.2) is 6.29 Å². The Hall–Kier alpha value is -0.890. The normalized spacial score (nSPS) is 48.1. The van der Waals surface area contributed by atoms with Gasteiger partial charge < -0.3 is 44.1 Å². The molecule has 0 aromatic rings. The number of aliphatic hydroxyl groups is 4. The molecule has 0 radical (unpaired) electrons. The molecule has 244 valence electrons. The Kier molecular flexibility index (Phi) is 10.7. The lowest BCUT2D eigenvalue weighted by atomic mass is 9.76. The second-order valence-corrected chi connectivity index (χ2v) is 13.9. The van der Waals surface area contributed by atoms with Crippen LogP contribution in [0.25, 0.3) is 0 Å². The van der Waals surface area contributed by atoms with Crippen molar-refractivity contribution < 1.29 is 48.9 Å². The van der Waals surface area contributed by atoms with Crippen LogP contribution in [0, 0.1) is 23.7 Å². The van der Waals surface area contributed by atoms with E-state index in [0.717, 1.165) is 13.1 Å². The van der Waals surface area contributed by atoms with E-state index >= 15 is 0 Å². The fourth-order valence-electron chi connectivity index (χ4n) is 7.96. The van der Waals surface area contributed by atoms with Gasteiger partial charge in [-0.05, 0) is 52.9 Å². The van der Waals surface area contributed by atoms with Crippen molar-refractivity contribution in [3.63, 3.8) is 0 Å². The number of nitrogens with zero attached hydrogens (tertiary/aromatic N) is 1. The van der Waals surface area contributed by atoms with Crippen molar-refractivity contribution >= 4 is 5.97 Å². The van der Waals surface area contributed by atoms with Gasteiger partial charge in [-0.2, -0.15) is 0 Å². The predicted octanol–water partition coefficient (Wildman–Crippen LogP) is 1.47. The molecule has 0 aromatic heterocycles. The van der Waals surface area contributed by atoms with E-state index < -0.39 is 77.8 Å². The van der Waals surface area contributed by atoms with Crippen LogP contribution in [-0.2, 0) is 28.5 Å². The Morgan fingerprint density at radius 3 is 2.36 bits per heavy atom. The van der Waals surface area contributed by atoms with Crippen LogP contribution in [-0.4, -0.2) is 124 Å². The molecule has 42 heavy (non-hydrogen) atoms. The Labute approximate surface area is 250 Å². The van der Waals surface area contributed by atoms with Crippen LogP contribution in [0.1, 0.15) is 74.7 Å². The van der Waals surface area contributed by atoms with E-state index in [1.54, 1.807) is 13.8 Å². The third kappa shape index (κ3) is 6.55. The lowest BCUT2D eigenvalue weighted by molar-refractivity contribution is -0.303. The lowest BCUT2D eigenvalue weighted by Crippen LogP contribution is -2.61. The lowest BCUT2D eigenvalue weighted by Gasteiger charge is -2.48. The first-order valence-corrected chi connectivity index (χ1v) is 15.9. The second-order valence-electron chi connectivity index (χ2n) is 13.9. The summed E-state index contributed by atoms with van der Waals surface area (Å²) in [4.78, 5) is 15.7. The number of carbonyl (C=O) groups is 1. The zero-order valence-corrected chi connectivity index (χ0v) is 26.6. The summed E-state index contributed by atoms with van der Waals surface area (Å²) in [5, 5.41) is 45.3. The molecule has 0 amide bonds. The first-order valence-electron chi connectivity index (χ1n) is 15.9. The van der Waals surface area contributed by atoms with Crippen molar-refractivity contribution in [2.24, 2.45) is 23.7 Å². The van der Waals surface area contributed by atoms with Crippen LogP contribution in [0.15, 0.2) is 0 Å². The van der Waals surface area contributed by atoms with E-state index in [-0.39, 0.29) is 24.5 Å². The van der Waals surface area contributed by atoms with Gasteiger partial charge in [-0.3, -0.25) is 9.69 Å². The largest absolute Gasteiger partial charge is 0.459 e. The highest BCUT2D eigenvalue weighted by molar-refractivity contribution is 5.73. The van der Waals surface area contributed by atoms with Crippen molar-refractivity contribution in [2.45, 2.75) is 141 Å². The summed E-state index contributed by atoms with van der Waals surface area (Å²) in [5.41, 5.74) is -2.65. The molecule has 4 rings (SSSR count). The number of cyclic esters (lactones) is 1. The molecule has 6 unspecified atom stereocenters. The minimum Gasteiger partial charge on any atom is -0.459 e. The monoisotopic (exact) mass is 601 g/mol. The fraction of sp³-hybridized carbons (Fsp3) is 0.968. The first-order chi connectivity index (χ1) is 19.6. The number of carbonyl (C=O) groups excluding carboxylic acids is 1. The molecular formula is C31H55NO10. The average molecular weight is 602 g/mol. The fourth-order valence-corrected chi connectivity index (χ4v) is 7.96. The molecule has 15 atom stereocenters. The number of aliphatic hydroxyl groups excluding tert-OH is 3. The summed E-state index contributed by atoms with van der Waals surface area (Å²) in [6.45, 7) is 17.1. The minimum atomic E-state index is -1.74. The van der Waals surface area contributed by atoms with Crippen LogP contribution in [0.4, 0.5) is 0 Å². The molecule has 4 aliphatic rings. The average Bonchev–Trinajstić information content (AvgIpc) is 3.28. The number of hydrogen-bond acceptors (Lipinski definition) is 11. The summed E-state index contributed by atoms with van der Waals surface area (Å²) in [6.07, 6.45) is -5.13. The van der Waals surface area contributed by atoms with Crippen molar-refractivity contribution in [2.75, 3.05) is 26.3 Å². The van der Waals surface area contributed by atoms with E-state index in [0.29, 0.717) is 26.1 Å². The summed E-state index contributed by atoms with van der Waals surface area (Å²) >= 11 is 0. The number of rotatable bonds is 6. The summed E-state index contributed by atoms with van der Waals surface area (Å²) in [7, 11) is 0. The van der Waals surface area contributed by atoms with Gasteiger partial charge in [0, 0.05) is 31.0 Å². The summed E-state index contributed by atoms with van der Waals surface area (Å²) < 4.78 is 31.1. The van der Waals surface area contributed by atoms with Gasteiger partial charge in [-0.25, -0.2) is 0 Å². The smallest absolute Gasteiger partial charge is 0.311 e. The molecule has 4 heterocycles. The number of esters is 1. The molecule has 4 saturated heterocycles. The number of hydrogen-bond donors (Lipinski definition) is 4. The van der Waals surface area contributed by atoms with Gasteiger partial charge in [-0.1, -0.05) is 27.7 Å². The molecule has 0 aromatic carbocycles. The van der Waals surface area contributed by atoms with E-state index in [9.17, 15) is 25.2 Å². The molecule has 0 saturated carbocycles. The van der Waals surface area contributed by atoms with Gasteiger partial charge in [0.2, 0.25) is 0 Å². The molecule has 11 nitrogen and oxygen atoms in total. The maximum atomic E-state index is 13.5. The van der Waals surface area contributed by atoms with E-state index in [1.165, 1.54) is 6.92 Å². The highest BCUT2D eigenvalue weighted by Gasteiger charge is 2.57. The predicted molar refractivity (Wildman–Crippen MR) is 153 cm³/mol. The second kappa shape index (κ2) is 13.2. The van der Waals surface area contributed by atoms with E-state index in [2.05, 4.69) is 4.90 Å². The SMILES string of the molecule is CC[C@@H](O)[C@@](C)(O)[C@@H]1OC(=O)[C@H](C)[C@@H](O)[C@H](C)[C@@H](O[C@@H]2OC(C)CC(N3CCOCC3)C2O)C2(C)CC(C)C(O2)[C@@H]1C. The molecule has 2 bridgehead atoms. The summed E-state index contributed by atoms with van der Waals surface area (Å²) in [5.74, 6) is -2.73. The van der Waals surface area contributed by atoms with Crippen molar-refractivity contribution in [3.05, 3.63) is 0 Å². The molecule has 4 fully saturated rings. The number of fused-ring (bicyclic) bond motifs is 2. The Morgan fingerprint density at radius 2 is 1.74 bits per heavy atom. The zero-order chi connectivity index (χ0) is 31.1. The molecule has 4 N–H and O–H groups in total. The van der Waals surface area contributed by atoms with Gasteiger partial charge in [0.25, 0.3) is 0 Å². The first kappa shape index (κ1) is 34.0. The van der Waals surface area contributed by atoms with E-state index in [1.807, 2.05) is 34.6 Å². The maximum absolute atomic E-state index is 13.5.